The van der Waals surface area contributed by atoms with Gasteiger partial charge in [-0.1, -0.05) is 12.1 Å². The molecule has 2 aromatic rings. The van der Waals surface area contributed by atoms with Crippen LogP contribution in [0.5, 0.6) is 5.75 Å². The molecule has 2 aromatic carbocycles. The first-order valence-electron chi connectivity index (χ1n) is 6.92. The van der Waals surface area contributed by atoms with E-state index in [9.17, 15) is 19.1 Å². The maximum absolute atomic E-state index is 12.9. The lowest BCUT2D eigenvalue weighted by atomic mass is 10.1. The summed E-state index contributed by atoms with van der Waals surface area (Å²) < 4.78 is 17.6. The number of ether oxygens (including phenoxy) is 1. The van der Waals surface area contributed by atoms with Crippen molar-refractivity contribution >= 4 is 11.9 Å². The highest BCUT2D eigenvalue weighted by Crippen LogP contribution is 2.11. The summed E-state index contributed by atoms with van der Waals surface area (Å²) in [6, 6.07) is 10.4. The highest BCUT2D eigenvalue weighted by atomic mass is 19.1. The van der Waals surface area contributed by atoms with Gasteiger partial charge in [0.05, 0.1) is 7.11 Å². The smallest absolute Gasteiger partial charge is 0.328 e. The maximum atomic E-state index is 12.9. The van der Waals surface area contributed by atoms with E-state index >= 15 is 0 Å². The fraction of sp³-hybridized carbons (Fsp3) is 0.176. The Morgan fingerprint density at radius 3 is 2.30 bits per heavy atom. The molecule has 0 bridgehead atoms. The predicted molar refractivity (Wildman–Crippen MR) is 81.5 cm³/mol. The van der Waals surface area contributed by atoms with E-state index in [1.54, 1.807) is 0 Å². The Morgan fingerprint density at radius 2 is 1.74 bits per heavy atom. The summed E-state index contributed by atoms with van der Waals surface area (Å²) >= 11 is 0. The van der Waals surface area contributed by atoms with Gasteiger partial charge in [-0.15, -0.1) is 0 Å². The van der Waals surface area contributed by atoms with Crippen molar-refractivity contribution in [3.8, 4) is 5.75 Å². The molecule has 0 aliphatic rings. The number of rotatable bonds is 5. The number of hydrogen-bond donors (Lipinski definition) is 2. The summed E-state index contributed by atoms with van der Waals surface area (Å²) in [5, 5.41) is 11.8. The zero-order chi connectivity index (χ0) is 16.8. The van der Waals surface area contributed by atoms with Crippen molar-refractivity contribution in [2.75, 3.05) is 7.11 Å². The fourth-order valence-electron chi connectivity index (χ4n) is 2.05. The van der Waals surface area contributed by atoms with Crippen molar-refractivity contribution in [2.24, 2.45) is 0 Å². The van der Waals surface area contributed by atoms with E-state index in [2.05, 4.69) is 5.32 Å². The summed E-state index contributed by atoms with van der Waals surface area (Å²) in [5.41, 5.74) is 0.989. The molecule has 6 heteroatoms. The van der Waals surface area contributed by atoms with Crippen LogP contribution in [0, 0.1) is 5.82 Å². The molecule has 0 heterocycles. The van der Waals surface area contributed by atoms with Crippen LogP contribution in [0.4, 0.5) is 4.39 Å². The van der Waals surface area contributed by atoms with Crippen molar-refractivity contribution in [3.05, 3.63) is 65.5 Å². The predicted octanol–water partition coefficient (Wildman–Crippen LogP) is 2.05. The minimum atomic E-state index is -0.897. The second kappa shape index (κ2) is 7.40. The number of halogens is 1. The van der Waals surface area contributed by atoms with E-state index < -0.39 is 17.9 Å². The van der Waals surface area contributed by atoms with Crippen molar-refractivity contribution in [3.63, 3.8) is 0 Å². The second-order valence-electron chi connectivity index (χ2n) is 4.93. The molecule has 0 saturated heterocycles. The van der Waals surface area contributed by atoms with E-state index in [-0.39, 0.29) is 18.0 Å². The number of esters is 1. The van der Waals surface area contributed by atoms with Crippen LogP contribution in [0.15, 0.2) is 48.5 Å². The first kappa shape index (κ1) is 16.5. The number of nitrogens with one attached hydrogen (secondary N) is 1. The minimum Gasteiger partial charge on any atom is -0.508 e. The van der Waals surface area contributed by atoms with Gasteiger partial charge in [0, 0.05) is 12.0 Å². The molecule has 0 aromatic heterocycles. The summed E-state index contributed by atoms with van der Waals surface area (Å²) in [4.78, 5) is 24.0. The topological polar surface area (TPSA) is 75.6 Å². The number of amides is 1. The Morgan fingerprint density at radius 1 is 1.13 bits per heavy atom. The van der Waals surface area contributed by atoms with Crippen LogP contribution >= 0.6 is 0 Å². The monoisotopic (exact) mass is 317 g/mol. The average Bonchev–Trinajstić information content (AvgIpc) is 2.56. The Labute approximate surface area is 132 Å². The number of carbonyl (C=O) groups excluding carboxylic acids is 2. The molecular weight excluding hydrogens is 301 g/mol. The van der Waals surface area contributed by atoms with Gasteiger partial charge in [-0.3, -0.25) is 4.79 Å². The Bertz CT molecular complexity index is 683. The third-order valence-electron chi connectivity index (χ3n) is 3.27. The third kappa shape index (κ3) is 4.54. The highest BCUT2D eigenvalue weighted by molar-refractivity contribution is 5.96. The summed E-state index contributed by atoms with van der Waals surface area (Å²) in [6.45, 7) is 0. The normalized spacial score (nSPS) is 11.6. The van der Waals surface area contributed by atoms with Crippen LogP contribution in [-0.2, 0) is 16.0 Å². The zero-order valence-electron chi connectivity index (χ0n) is 12.5. The van der Waals surface area contributed by atoms with Gasteiger partial charge in [0.2, 0.25) is 0 Å². The molecule has 0 spiro atoms. The molecule has 120 valence electrons. The molecule has 2 rings (SSSR count). The van der Waals surface area contributed by atoms with E-state index in [1.807, 2.05) is 0 Å². The van der Waals surface area contributed by atoms with Crippen molar-refractivity contribution in [1.29, 1.82) is 0 Å². The van der Waals surface area contributed by atoms with Gasteiger partial charge >= 0.3 is 5.97 Å². The maximum Gasteiger partial charge on any atom is 0.328 e. The second-order valence-corrected chi connectivity index (χ2v) is 4.93. The Kier molecular flexibility index (Phi) is 5.30. The number of hydrogen-bond acceptors (Lipinski definition) is 4. The Hall–Kier alpha value is -2.89. The molecule has 0 unspecified atom stereocenters. The molecule has 5 nitrogen and oxygen atoms in total. The number of methoxy groups -OCH3 is 1. The van der Waals surface area contributed by atoms with E-state index in [4.69, 9.17) is 4.74 Å². The fourth-order valence-corrected chi connectivity index (χ4v) is 2.05. The standard InChI is InChI=1S/C17H16FNO4/c1-23-17(22)15(10-11-2-6-13(18)7-3-11)19-16(21)12-4-8-14(20)9-5-12/h2-9,15,20H,10H2,1H3,(H,19,21)/t15-/m1/s1. The lowest BCUT2D eigenvalue weighted by molar-refractivity contribution is -0.142. The molecular formula is C17H16FNO4. The van der Waals surface area contributed by atoms with Crippen LogP contribution < -0.4 is 5.32 Å². The van der Waals surface area contributed by atoms with Crippen LogP contribution in [0.1, 0.15) is 15.9 Å². The first-order chi connectivity index (χ1) is 11.0. The van der Waals surface area contributed by atoms with Crippen LogP contribution in [0.25, 0.3) is 0 Å². The molecule has 0 aliphatic heterocycles. The average molecular weight is 317 g/mol. The quantitative estimate of drug-likeness (QED) is 0.828. The van der Waals surface area contributed by atoms with E-state index in [0.29, 0.717) is 11.1 Å². The number of phenols is 1. The number of aromatic hydroxyl groups is 1. The molecule has 1 amide bonds. The van der Waals surface area contributed by atoms with Crippen molar-refractivity contribution < 1.29 is 23.8 Å². The van der Waals surface area contributed by atoms with Gasteiger partial charge in [-0.2, -0.15) is 0 Å². The minimum absolute atomic E-state index is 0.0392. The summed E-state index contributed by atoms with van der Waals surface area (Å²) in [6.07, 6.45) is 0.177. The van der Waals surface area contributed by atoms with Gasteiger partial charge in [-0.25, -0.2) is 9.18 Å². The number of carbonyl (C=O) groups is 2. The first-order valence-corrected chi connectivity index (χ1v) is 6.92. The molecule has 0 aliphatic carbocycles. The van der Waals surface area contributed by atoms with Gasteiger partial charge in [0.25, 0.3) is 5.91 Å². The molecule has 1 atom stereocenters. The Balaban J connectivity index is 2.12. The third-order valence-corrected chi connectivity index (χ3v) is 3.27. The highest BCUT2D eigenvalue weighted by Gasteiger charge is 2.22. The van der Waals surface area contributed by atoms with Crippen LogP contribution in [0.2, 0.25) is 0 Å². The molecule has 0 saturated carbocycles. The van der Waals surface area contributed by atoms with E-state index in [1.165, 1.54) is 55.6 Å². The van der Waals surface area contributed by atoms with Gasteiger partial charge in [-0.05, 0) is 42.0 Å². The zero-order valence-corrected chi connectivity index (χ0v) is 12.5. The van der Waals surface area contributed by atoms with Crippen LogP contribution in [-0.4, -0.2) is 30.1 Å². The van der Waals surface area contributed by atoms with Crippen molar-refractivity contribution in [2.45, 2.75) is 12.5 Å². The van der Waals surface area contributed by atoms with Gasteiger partial charge < -0.3 is 15.2 Å². The number of phenolic OH excluding ortho intramolecular Hbond substituents is 1. The van der Waals surface area contributed by atoms with Gasteiger partial charge in [0.1, 0.15) is 17.6 Å². The summed E-state index contributed by atoms with van der Waals surface area (Å²) in [5.74, 6) is -1.40. The van der Waals surface area contributed by atoms with E-state index in [0.717, 1.165) is 0 Å². The molecule has 0 fully saturated rings. The molecule has 23 heavy (non-hydrogen) atoms. The molecule has 0 radical (unpaired) electrons. The SMILES string of the molecule is COC(=O)[C@@H](Cc1ccc(F)cc1)NC(=O)c1ccc(O)cc1. The van der Waals surface area contributed by atoms with Gasteiger partial charge in [0.15, 0.2) is 0 Å². The summed E-state index contributed by atoms with van der Waals surface area (Å²) in [7, 11) is 1.23. The largest absolute Gasteiger partial charge is 0.508 e. The van der Waals surface area contributed by atoms with Crippen LogP contribution in [0.3, 0.4) is 0 Å². The number of benzene rings is 2. The van der Waals surface area contributed by atoms with Crippen molar-refractivity contribution in [1.82, 2.24) is 5.32 Å². The lowest BCUT2D eigenvalue weighted by Crippen LogP contribution is -2.43. The lowest BCUT2D eigenvalue weighted by Gasteiger charge is -2.16. The molecule has 2 N–H and O–H groups in total.